The molecule has 0 aliphatic heterocycles. The summed E-state index contributed by atoms with van der Waals surface area (Å²) in [6, 6.07) is 8.77. The van der Waals surface area contributed by atoms with Crippen molar-refractivity contribution < 1.29 is 9.62 Å². The molecule has 1 aliphatic carbocycles. The van der Waals surface area contributed by atoms with E-state index < -0.39 is 0 Å². The Hall–Kier alpha value is -2.24. The number of para-hydroxylation sites is 2. The zero-order valence-electron chi connectivity index (χ0n) is 10.5. The van der Waals surface area contributed by atoms with Crippen LogP contribution in [0, 0.1) is 0 Å². The molecule has 1 aliphatic rings. The molecule has 0 spiro atoms. The summed E-state index contributed by atoms with van der Waals surface area (Å²) in [6.45, 7) is 0.646. The fourth-order valence-electron chi connectivity index (χ4n) is 2.09. The monoisotopic (exact) mass is 260 g/mol. The number of aromatic nitrogens is 1. The third-order valence-electron chi connectivity index (χ3n) is 3.25. The number of rotatable bonds is 5. The normalized spacial score (nSPS) is 15.9. The molecule has 19 heavy (non-hydrogen) atoms. The summed E-state index contributed by atoms with van der Waals surface area (Å²) in [4.78, 5) is 6.59. The highest BCUT2D eigenvalue weighted by atomic mass is 16.4. The van der Waals surface area contributed by atoms with E-state index in [9.17, 15) is 0 Å². The van der Waals surface area contributed by atoms with E-state index in [1.165, 1.54) is 0 Å². The van der Waals surface area contributed by atoms with Crippen LogP contribution in [0.25, 0.3) is 11.1 Å². The summed E-state index contributed by atoms with van der Waals surface area (Å²) >= 11 is 0. The maximum atomic E-state index is 8.59. The summed E-state index contributed by atoms with van der Waals surface area (Å²) in [5, 5.41) is 11.6. The fraction of sp³-hybridized carbons (Fsp3) is 0.385. The molecule has 0 radical (unpaired) electrons. The third-order valence-corrected chi connectivity index (χ3v) is 3.25. The lowest BCUT2D eigenvalue weighted by molar-refractivity contribution is 0.317. The quantitative estimate of drug-likeness (QED) is 0.371. The van der Waals surface area contributed by atoms with Gasteiger partial charge in [-0.25, -0.2) is 0 Å². The zero-order valence-corrected chi connectivity index (χ0v) is 10.5. The van der Waals surface area contributed by atoms with Crippen LogP contribution in [0.4, 0.5) is 6.01 Å². The van der Waals surface area contributed by atoms with Crippen molar-refractivity contribution in [3.05, 3.63) is 24.3 Å². The number of benzene rings is 1. The van der Waals surface area contributed by atoms with E-state index in [0.717, 1.165) is 23.9 Å². The number of hydrogen-bond acceptors (Lipinski definition) is 5. The van der Waals surface area contributed by atoms with Crippen LogP contribution < -0.4 is 10.6 Å². The van der Waals surface area contributed by atoms with Crippen LogP contribution in [0.2, 0.25) is 0 Å². The lowest BCUT2D eigenvalue weighted by atomic mass is 10.3. The van der Waals surface area contributed by atoms with Crippen molar-refractivity contribution >= 4 is 22.9 Å². The SMILES string of the molecule is N/C(CCN(c1nc2ccccc2o1)C1CC1)=N\O. The minimum Gasteiger partial charge on any atom is -0.423 e. The summed E-state index contributed by atoms with van der Waals surface area (Å²) < 4.78 is 5.77. The molecule has 1 saturated carbocycles. The van der Waals surface area contributed by atoms with E-state index in [0.29, 0.717) is 25.0 Å². The average molecular weight is 260 g/mol. The summed E-state index contributed by atoms with van der Waals surface area (Å²) in [7, 11) is 0. The molecule has 0 bridgehead atoms. The van der Waals surface area contributed by atoms with Crippen LogP contribution in [0.3, 0.4) is 0 Å². The smallest absolute Gasteiger partial charge is 0.298 e. The highest BCUT2D eigenvalue weighted by Crippen LogP contribution is 2.32. The van der Waals surface area contributed by atoms with Gasteiger partial charge in [0.2, 0.25) is 0 Å². The molecule has 3 N–H and O–H groups in total. The number of nitrogens with zero attached hydrogens (tertiary/aromatic N) is 3. The Morgan fingerprint density at radius 2 is 2.26 bits per heavy atom. The van der Waals surface area contributed by atoms with Gasteiger partial charge in [0.15, 0.2) is 5.58 Å². The average Bonchev–Trinajstić information content (AvgIpc) is 3.17. The Morgan fingerprint density at radius 1 is 1.47 bits per heavy atom. The molecule has 0 saturated heterocycles. The molecule has 6 nitrogen and oxygen atoms in total. The predicted molar refractivity (Wildman–Crippen MR) is 72.4 cm³/mol. The van der Waals surface area contributed by atoms with Gasteiger partial charge in [-0.15, -0.1) is 0 Å². The van der Waals surface area contributed by atoms with Gasteiger partial charge < -0.3 is 20.3 Å². The Morgan fingerprint density at radius 3 is 2.95 bits per heavy atom. The Balaban J connectivity index is 1.83. The fourth-order valence-corrected chi connectivity index (χ4v) is 2.09. The lowest BCUT2D eigenvalue weighted by Gasteiger charge is -2.19. The van der Waals surface area contributed by atoms with Gasteiger partial charge >= 0.3 is 0 Å². The van der Waals surface area contributed by atoms with E-state index in [1.54, 1.807) is 0 Å². The van der Waals surface area contributed by atoms with Crippen molar-refractivity contribution in [2.45, 2.75) is 25.3 Å². The number of anilines is 1. The Kier molecular flexibility index (Phi) is 2.98. The van der Waals surface area contributed by atoms with Crippen LogP contribution in [0.15, 0.2) is 33.8 Å². The summed E-state index contributed by atoms with van der Waals surface area (Å²) in [5.41, 5.74) is 7.16. The van der Waals surface area contributed by atoms with E-state index in [4.69, 9.17) is 15.4 Å². The first-order valence-corrected chi connectivity index (χ1v) is 6.36. The first-order valence-electron chi connectivity index (χ1n) is 6.36. The number of hydrogen-bond donors (Lipinski definition) is 2. The van der Waals surface area contributed by atoms with Crippen molar-refractivity contribution in [3.63, 3.8) is 0 Å². The van der Waals surface area contributed by atoms with Gasteiger partial charge in [0.1, 0.15) is 11.4 Å². The third kappa shape index (κ3) is 2.47. The number of oxime groups is 1. The van der Waals surface area contributed by atoms with Crippen LogP contribution in [0.5, 0.6) is 0 Å². The first kappa shape index (κ1) is 11.8. The van der Waals surface area contributed by atoms with E-state index in [-0.39, 0.29) is 5.84 Å². The van der Waals surface area contributed by atoms with Gasteiger partial charge in [0, 0.05) is 19.0 Å². The van der Waals surface area contributed by atoms with Gasteiger partial charge in [0.25, 0.3) is 6.01 Å². The maximum absolute atomic E-state index is 8.59. The molecule has 6 heteroatoms. The largest absolute Gasteiger partial charge is 0.423 e. The molecule has 0 unspecified atom stereocenters. The highest BCUT2D eigenvalue weighted by molar-refractivity contribution is 5.80. The summed E-state index contributed by atoms with van der Waals surface area (Å²) in [6.07, 6.45) is 2.76. The topological polar surface area (TPSA) is 87.9 Å². The number of fused-ring (bicyclic) bond motifs is 1. The van der Waals surface area contributed by atoms with Crippen LogP contribution in [-0.4, -0.2) is 28.6 Å². The van der Waals surface area contributed by atoms with Crippen molar-refractivity contribution in [3.8, 4) is 0 Å². The van der Waals surface area contributed by atoms with Crippen LogP contribution >= 0.6 is 0 Å². The molecule has 1 aromatic carbocycles. The second-order valence-corrected chi connectivity index (χ2v) is 4.73. The summed E-state index contributed by atoms with van der Waals surface area (Å²) in [5.74, 6) is 0.224. The maximum Gasteiger partial charge on any atom is 0.298 e. The number of amidine groups is 1. The van der Waals surface area contributed by atoms with Crippen LogP contribution in [-0.2, 0) is 0 Å². The van der Waals surface area contributed by atoms with Crippen molar-refractivity contribution in [2.24, 2.45) is 10.9 Å². The van der Waals surface area contributed by atoms with Gasteiger partial charge in [-0.3, -0.25) is 0 Å². The van der Waals surface area contributed by atoms with Gasteiger partial charge in [-0.1, -0.05) is 17.3 Å². The number of oxazole rings is 1. The van der Waals surface area contributed by atoms with Crippen LogP contribution in [0.1, 0.15) is 19.3 Å². The highest BCUT2D eigenvalue weighted by Gasteiger charge is 2.32. The minimum absolute atomic E-state index is 0.224. The van der Waals surface area contributed by atoms with E-state index >= 15 is 0 Å². The van der Waals surface area contributed by atoms with Gasteiger partial charge in [-0.05, 0) is 25.0 Å². The molecular formula is C13H16N4O2. The molecule has 1 heterocycles. The zero-order chi connectivity index (χ0) is 13.2. The molecule has 1 aromatic heterocycles. The first-order chi connectivity index (χ1) is 9.28. The molecule has 0 atom stereocenters. The number of nitrogens with two attached hydrogens (primary N) is 1. The van der Waals surface area contributed by atoms with Crippen molar-refractivity contribution in [2.75, 3.05) is 11.4 Å². The molecule has 2 aromatic rings. The molecular weight excluding hydrogens is 244 g/mol. The minimum atomic E-state index is 0.224. The van der Waals surface area contributed by atoms with E-state index in [1.807, 2.05) is 24.3 Å². The molecule has 3 rings (SSSR count). The van der Waals surface area contributed by atoms with E-state index in [2.05, 4.69) is 15.0 Å². The lowest BCUT2D eigenvalue weighted by Crippen LogP contribution is -2.30. The Bertz CT molecular complexity index is 570. The predicted octanol–water partition coefficient (Wildman–Crippen LogP) is 1.93. The van der Waals surface area contributed by atoms with Gasteiger partial charge in [0.05, 0.1) is 0 Å². The standard InChI is InChI=1S/C13H16N4O2/c14-12(16-18)7-8-17(9-5-6-9)13-15-10-3-1-2-4-11(10)19-13/h1-4,9,18H,5-8H2,(H2,14,16). The molecule has 1 fully saturated rings. The molecule has 0 amide bonds. The van der Waals surface area contributed by atoms with Crippen molar-refractivity contribution in [1.29, 1.82) is 0 Å². The second-order valence-electron chi connectivity index (χ2n) is 4.73. The van der Waals surface area contributed by atoms with Crippen molar-refractivity contribution in [1.82, 2.24) is 4.98 Å². The van der Waals surface area contributed by atoms with Gasteiger partial charge in [-0.2, -0.15) is 4.98 Å². The Labute approximate surface area is 110 Å². The molecule has 100 valence electrons. The second kappa shape index (κ2) is 4.79.